The Morgan fingerprint density at radius 3 is 3.04 bits per heavy atom. The van der Waals surface area contributed by atoms with Crippen LogP contribution in [0.1, 0.15) is 30.4 Å². The Bertz CT molecular complexity index is 760. The number of carbonyl (C=O) groups is 1. The molecule has 5 nitrogen and oxygen atoms in total. The van der Waals surface area contributed by atoms with E-state index in [1.807, 2.05) is 31.2 Å². The van der Waals surface area contributed by atoms with Gasteiger partial charge in [0.25, 0.3) is 5.56 Å². The number of aryl methyl sites for hydroxylation is 2. The average molecular weight is 314 g/mol. The molecule has 0 radical (unpaired) electrons. The molecule has 0 saturated carbocycles. The van der Waals surface area contributed by atoms with E-state index in [1.54, 1.807) is 0 Å². The largest absolute Gasteiger partial charge is 0.376 e. The van der Waals surface area contributed by atoms with Crippen LogP contribution in [-0.4, -0.2) is 30.1 Å². The number of rotatable bonds is 5. The van der Waals surface area contributed by atoms with Gasteiger partial charge in [-0.25, -0.2) is 0 Å². The lowest BCUT2D eigenvalue weighted by Crippen LogP contribution is -2.32. The number of amides is 1. The van der Waals surface area contributed by atoms with Gasteiger partial charge in [0.15, 0.2) is 0 Å². The second-order valence-electron chi connectivity index (χ2n) is 6.15. The summed E-state index contributed by atoms with van der Waals surface area (Å²) in [7, 11) is 0. The highest BCUT2D eigenvalue weighted by atomic mass is 16.5. The number of nitrogens with one attached hydrogen (secondary N) is 2. The van der Waals surface area contributed by atoms with E-state index >= 15 is 0 Å². The highest BCUT2D eigenvalue weighted by Crippen LogP contribution is 2.14. The fraction of sp³-hybridized carbons (Fsp3) is 0.444. The van der Waals surface area contributed by atoms with E-state index in [9.17, 15) is 9.59 Å². The molecule has 1 aliphatic heterocycles. The van der Waals surface area contributed by atoms with Gasteiger partial charge >= 0.3 is 0 Å². The van der Waals surface area contributed by atoms with Crippen LogP contribution in [0.3, 0.4) is 0 Å². The van der Waals surface area contributed by atoms with E-state index in [4.69, 9.17) is 4.74 Å². The first-order valence-corrected chi connectivity index (χ1v) is 8.13. The number of aromatic nitrogens is 1. The molecule has 1 unspecified atom stereocenters. The van der Waals surface area contributed by atoms with Gasteiger partial charge in [-0.2, -0.15) is 0 Å². The van der Waals surface area contributed by atoms with Crippen molar-refractivity contribution in [3.8, 4) is 0 Å². The van der Waals surface area contributed by atoms with Crippen LogP contribution in [0.15, 0.2) is 29.1 Å². The van der Waals surface area contributed by atoms with E-state index < -0.39 is 0 Å². The minimum Gasteiger partial charge on any atom is -0.376 e. The fourth-order valence-corrected chi connectivity index (χ4v) is 2.92. The lowest BCUT2D eigenvalue weighted by atomic mass is 10.1. The summed E-state index contributed by atoms with van der Waals surface area (Å²) in [4.78, 5) is 26.9. The monoisotopic (exact) mass is 314 g/mol. The van der Waals surface area contributed by atoms with E-state index in [0.29, 0.717) is 24.9 Å². The van der Waals surface area contributed by atoms with Crippen LogP contribution in [0.4, 0.5) is 0 Å². The van der Waals surface area contributed by atoms with Crippen molar-refractivity contribution in [2.45, 2.75) is 38.7 Å². The smallest absolute Gasteiger partial charge is 0.251 e. The molecular formula is C18H22N2O3. The topological polar surface area (TPSA) is 71.2 Å². The number of hydrogen-bond acceptors (Lipinski definition) is 3. The molecule has 1 saturated heterocycles. The lowest BCUT2D eigenvalue weighted by Gasteiger charge is -2.10. The van der Waals surface area contributed by atoms with Gasteiger partial charge in [-0.1, -0.05) is 12.1 Å². The Morgan fingerprint density at radius 2 is 2.26 bits per heavy atom. The lowest BCUT2D eigenvalue weighted by molar-refractivity contribution is -0.121. The minimum atomic E-state index is -0.116. The molecule has 2 aromatic rings. The Morgan fingerprint density at radius 1 is 1.39 bits per heavy atom. The zero-order valence-electron chi connectivity index (χ0n) is 13.4. The highest BCUT2D eigenvalue weighted by Gasteiger charge is 2.16. The second kappa shape index (κ2) is 6.96. The van der Waals surface area contributed by atoms with Crippen LogP contribution in [0.2, 0.25) is 0 Å². The number of fused-ring (bicyclic) bond motifs is 1. The molecule has 3 rings (SSSR count). The van der Waals surface area contributed by atoms with Gasteiger partial charge in [0, 0.05) is 30.7 Å². The second-order valence-corrected chi connectivity index (χ2v) is 6.15. The summed E-state index contributed by atoms with van der Waals surface area (Å²) in [6.07, 6.45) is 2.96. The first kappa shape index (κ1) is 15.7. The van der Waals surface area contributed by atoms with Crippen LogP contribution in [-0.2, 0) is 16.0 Å². The number of hydrogen-bond donors (Lipinski definition) is 2. The van der Waals surface area contributed by atoms with E-state index in [0.717, 1.165) is 35.9 Å². The predicted molar refractivity (Wildman–Crippen MR) is 89.6 cm³/mol. The third-order valence-electron chi connectivity index (χ3n) is 4.25. The Balaban J connectivity index is 1.60. The molecule has 1 aromatic carbocycles. The molecule has 1 amide bonds. The third-order valence-corrected chi connectivity index (χ3v) is 4.25. The van der Waals surface area contributed by atoms with Gasteiger partial charge in [-0.3, -0.25) is 9.59 Å². The average Bonchev–Trinajstić information content (AvgIpc) is 3.04. The summed E-state index contributed by atoms with van der Waals surface area (Å²) in [5, 5.41) is 3.87. The molecule has 122 valence electrons. The summed E-state index contributed by atoms with van der Waals surface area (Å²) in [5.41, 5.74) is 2.47. The molecular weight excluding hydrogens is 292 g/mol. The summed E-state index contributed by atoms with van der Waals surface area (Å²) in [6.45, 7) is 3.34. The van der Waals surface area contributed by atoms with E-state index in [1.165, 1.54) is 0 Å². The van der Waals surface area contributed by atoms with Crippen molar-refractivity contribution in [2.24, 2.45) is 0 Å². The van der Waals surface area contributed by atoms with Crippen molar-refractivity contribution >= 4 is 16.8 Å². The Kier molecular flexibility index (Phi) is 4.76. The molecule has 0 bridgehead atoms. The maximum Gasteiger partial charge on any atom is 0.251 e. The van der Waals surface area contributed by atoms with Gasteiger partial charge in [-0.15, -0.1) is 0 Å². The van der Waals surface area contributed by atoms with Gasteiger partial charge in [-0.05, 0) is 49.3 Å². The molecule has 1 fully saturated rings. The van der Waals surface area contributed by atoms with Crippen LogP contribution >= 0.6 is 0 Å². The van der Waals surface area contributed by atoms with E-state index in [-0.39, 0.29) is 17.6 Å². The van der Waals surface area contributed by atoms with Crippen molar-refractivity contribution in [2.75, 3.05) is 13.2 Å². The van der Waals surface area contributed by atoms with Crippen molar-refractivity contribution < 1.29 is 9.53 Å². The summed E-state index contributed by atoms with van der Waals surface area (Å²) >= 11 is 0. The standard InChI is InChI=1S/C18H22N2O3/c1-12-4-5-13-10-14(18(22)20-16(13)9-12)6-7-17(21)19-11-15-3-2-8-23-15/h4-5,9-10,15H,2-3,6-8,11H2,1H3,(H,19,21)(H,20,22). The fourth-order valence-electron chi connectivity index (χ4n) is 2.92. The first-order chi connectivity index (χ1) is 11.1. The maximum atomic E-state index is 12.1. The molecule has 5 heteroatoms. The zero-order chi connectivity index (χ0) is 16.2. The van der Waals surface area contributed by atoms with Crippen molar-refractivity contribution in [1.29, 1.82) is 0 Å². The van der Waals surface area contributed by atoms with E-state index in [2.05, 4.69) is 10.3 Å². The zero-order valence-corrected chi connectivity index (χ0v) is 13.4. The number of aromatic amines is 1. The number of ether oxygens (including phenoxy) is 1. The van der Waals surface area contributed by atoms with Crippen LogP contribution in [0.5, 0.6) is 0 Å². The number of H-pyrrole nitrogens is 1. The normalized spacial score (nSPS) is 17.5. The van der Waals surface area contributed by atoms with Crippen LogP contribution < -0.4 is 10.9 Å². The van der Waals surface area contributed by atoms with Crippen molar-refractivity contribution in [1.82, 2.24) is 10.3 Å². The SMILES string of the molecule is Cc1ccc2cc(CCC(=O)NCC3CCCO3)c(=O)[nH]c2c1. The molecule has 1 aromatic heterocycles. The molecule has 1 aliphatic rings. The molecule has 2 heterocycles. The van der Waals surface area contributed by atoms with Crippen LogP contribution in [0, 0.1) is 6.92 Å². The van der Waals surface area contributed by atoms with Gasteiger partial charge < -0.3 is 15.0 Å². The highest BCUT2D eigenvalue weighted by molar-refractivity contribution is 5.80. The quantitative estimate of drug-likeness (QED) is 0.887. The molecule has 2 N–H and O–H groups in total. The number of carbonyl (C=O) groups excluding carboxylic acids is 1. The van der Waals surface area contributed by atoms with Gasteiger partial charge in [0.2, 0.25) is 5.91 Å². The Hall–Kier alpha value is -2.14. The number of benzene rings is 1. The predicted octanol–water partition coefficient (Wildman–Crippen LogP) is 2.06. The van der Waals surface area contributed by atoms with Gasteiger partial charge in [0.05, 0.1) is 6.10 Å². The molecule has 23 heavy (non-hydrogen) atoms. The minimum absolute atomic E-state index is 0.0381. The Labute approximate surface area is 135 Å². The molecule has 1 atom stereocenters. The van der Waals surface area contributed by atoms with Crippen molar-refractivity contribution in [3.05, 3.63) is 45.7 Å². The molecule has 0 spiro atoms. The summed E-state index contributed by atoms with van der Waals surface area (Å²) in [6, 6.07) is 7.83. The summed E-state index contributed by atoms with van der Waals surface area (Å²) < 4.78 is 5.47. The van der Waals surface area contributed by atoms with Crippen LogP contribution in [0.25, 0.3) is 10.9 Å². The molecule has 0 aliphatic carbocycles. The maximum absolute atomic E-state index is 12.1. The van der Waals surface area contributed by atoms with Gasteiger partial charge in [0.1, 0.15) is 0 Å². The van der Waals surface area contributed by atoms with Crippen molar-refractivity contribution in [3.63, 3.8) is 0 Å². The first-order valence-electron chi connectivity index (χ1n) is 8.13. The number of pyridine rings is 1. The third kappa shape index (κ3) is 3.99. The summed E-state index contributed by atoms with van der Waals surface area (Å²) in [5.74, 6) is -0.0381.